The van der Waals surface area contributed by atoms with Gasteiger partial charge in [-0.05, 0) is 42.0 Å². The lowest BCUT2D eigenvalue weighted by atomic mass is 10.1. The SMILES string of the molecule is COc1ccc(Br)c(C(CO)Nc2cccc(Cl)c2)c1. The first-order valence-corrected chi connectivity index (χ1v) is 7.27. The molecule has 2 aromatic rings. The van der Waals surface area contributed by atoms with Crippen molar-refractivity contribution in [2.75, 3.05) is 19.0 Å². The van der Waals surface area contributed by atoms with Crippen LogP contribution < -0.4 is 10.1 Å². The van der Waals surface area contributed by atoms with E-state index < -0.39 is 0 Å². The van der Waals surface area contributed by atoms with E-state index in [0.29, 0.717) is 5.02 Å². The van der Waals surface area contributed by atoms with Crippen LogP contribution in [0.25, 0.3) is 0 Å². The molecule has 0 heterocycles. The largest absolute Gasteiger partial charge is 0.497 e. The molecule has 2 N–H and O–H groups in total. The Morgan fingerprint density at radius 1 is 1.30 bits per heavy atom. The Balaban J connectivity index is 2.28. The van der Waals surface area contributed by atoms with Gasteiger partial charge in [-0.1, -0.05) is 33.6 Å². The predicted molar refractivity (Wildman–Crippen MR) is 85.6 cm³/mol. The van der Waals surface area contributed by atoms with Gasteiger partial charge in [0, 0.05) is 15.2 Å². The molecular formula is C15H15BrClNO2. The molecule has 2 rings (SSSR count). The van der Waals surface area contributed by atoms with E-state index >= 15 is 0 Å². The Morgan fingerprint density at radius 2 is 2.10 bits per heavy atom. The fourth-order valence-electron chi connectivity index (χ4n) is 1.92. The van der Waals surface area contributed by atoms with Gasteiger partial charge in [0.1, 0.15) is 5.75 Å². The number of nitrogens with one attached hydrogen (secondary N) is 1. The van der Waals surface area contributed by atoms with E-state index in [-0.39, 0.29) is 12.6 Å². The van der Waals surface area contributed by atoms with Gasteiger partial charge in [0.15, 0.2) is 0 Å². The van der Waals surface area contributed by atoms with Crippen LogP contribution >= 0.6 is 27.5 Å². The molecule has 0 aliphatic rings. The van der Waals surface area contributed by atoms with Gasteiger partial charge < -0.3 is 15.2 Å². The van der Waals surface area contributed by atoms with Crippen molar-refractivity contribution in [1.82, 2.24) is 0 Å². The molecule has 2 aromatic carbocycles. The molecule has 0 aliphatic carbocycles. The lowest BCUT2D eigenvalue weighted by Crippen LogP contribution is -2.15. The smallest absolute Gasteiger partial charge is 0.119 e. The third-order valence-corrected chi connectivity index (χ3v) is 3.88. The molecule has 0 amide bonds. The van der Waals surface area contributed by atoms with Gasteiger partial charge in [-0.2, -0.15) is 0 Å². The number of hydrogen-bond donors (Lipinski definition) is 2. The van der Waals surface area contributed by atoms with E-state index in [0.717, 1.165) is 21.5 Å². The first-order valence-electron chi connectivity index (χ1n) is 6.10. The normalized spacial score (nSPS) is 12.0. The van der Waals surface area contributed by atoms with Crippen molar-refractivity contribution < 1.29 is 9.84 Å². The van der Waals surface area contributed by atoms with Crippen LogP contribution in [-0.4, -0.2) is 18.8 Å². The summed E-state index contributed by atoms with van der Waals surface area (Å²) >= 11 is 9.46. The molecule has 1 unspecified atom stereocenters. The summed E-state index contributed by atoms with van der Waals surface area (Å²) < 4.78 is 6.13. The molecule has 1 atom stereocenters. The number of rotatable bonds is 5. The first-order chi connectivity index (χ1) is 9.63. The van der Waals surface area contributed by atoms with Crippen LogP contribution in [0.1, 0.15) is 11.6 Å². The highest BCUT2D eigenvalue weighted by atomic mass is 79.9. The van der Waals surface area contributed by atoms with Crippen molar-refractivity contribution in [1.29, 1.82) is 0 Å². The molecule has 106 valence electrons. The zero-order valence-electron chi connectivity index (χ0n) is 10.9. The van der Waals surface area contributed by atoms with Crippen LogP contribution in [-0.2, 0) is 0 Å². The molecule has 0 radical (unpaired) electrons. The summed E-state index contributed by atoms with van der Waals surface area (Å²) in [7, 11) is 1.62. The quantitative estimate of drug-likeness (QED) is 0.841. The molecule has 5 heteroatoms. The number of halogens is 2. The van der Waals surface area contributed by atoms with Crippen molar-refractivity contribution >= 4 is 33.2 Å². The Kier molecular flexibility index (Phi) is 5.29. The molecule has 20 heavy (non-hydrogen) atoms. The topological polar surface area (TPSA) is 41.5 Å². The highest BCUT2D eigenvalue weighted by Crippen LogP contribution is 2.30. The second-order valence-electron chi connectivity index (χ2n) is 4.28. The van der Waals surface area contributed by atoms with Gasteiger partial charge in [-0.25, -0.2) is 0 Å². The Hall–Kier alpha value is -1.23. The second-order valence-corrected chi connectivity index (χ2v) is 5.57. The minimum atomic E-state index is -0.252. The van der Waals surface area contributed by atoms with E-state index in [1.54, 1.807) is 7.11 Å². The minimum Gasteiger partial charge on any atom is -0.497 e. The number of benzene rings is 2. The fraction of sp³-hybridized carbons (Fsp3) is 0.200. The van der Waals surface area contributed by atoms with Crippen molar-refractivity contribution in [2.45, 2.75) is 6.04 Å². The molecule has 3 nitrogen and oxygen atoms in total. The van der Waals surface area contributed by atoms with Crippen LogP contribution in [0.5, 0.6) is 5.75 Å². The standard InChI is InChI=1S/C15H15BrClNO2/c1-20-12-5-6-14(16)13(8-12)15(9-19)18-11-4-2-3-10(17)7-11/h2-8,15,18-19H,9H2,1H3. The summed E-state index contributed by atoms with van der Waals surface area (Å²) in [5.41, 5.74) is 1.78. The maximum absolute atomic E-state index is 9.64. The van der Waals surface area contributed by atoms with Gasteiger partial charge in [-0.15, -0.1) is 0 Å². The first kappa shape index (κ1) is 15.2. The highest BCUT2D eigenvalue weighted by molar-refractivity contribution is 9.10. The molecular weight excluding hydrogens is 342 g/mol. The highest BCUT2D eigenvalue weighted by Gasteiger charge is 2.14. The Morgan fingerprint density at radius 3 is 2.75 bits per heavy atom. The fourth-order valence-corrected chi connectivity index (χ4v) is 2.63. The lowest BCUT2D eigenvalue weighted by Gasteiger charge is -2.20. The number of aliphatic hydroxyl groups excluding tert-OH is 1. The van der Waals surface area contributed by atoms with Crippen LogP contribution in [0.3, 0.4) is 0 Å². The number of methoxy groups -OCH3 is 1. The van der Waals surface area contributed by atoms with Gasteiger partial charge in [0.05, 0.1) is 19.8 Å². The maximum Gasteiger partial charge on any atom is 0.119 e. The lowest BCUT2D eigenvalue weighted by molar-refractivity contribution is 0.275. The van der Waals surface area contributed by atoms with E-state index in [1.807, 2.05) is 42.5 Å². The summed E-state index contributed by atoms with van der Waals surface area (Å²) in [6, 6.07) is 12.8. The van der Waals surface area contributed by atoms with E-state index in [4.69, 9.17) is 16.3 Å². The van der Waals surface area contributed by atoms with Crippen molar-refractivity contribution in [3.8, 4) is 5.75 Å². The number of aliphatic hydroxyl groups is 1. The van der Waals surface area contributed by atoms with Crippen molar-refractivity contribution in [3.05, 3.63) is 57.5 Å². The summed E-state index contributed by atoms with van der Waals surface area (Å²) in [4.78, 5) is 0. The predicted octanol–water partition coefficient (Wildman–Crippen LogP) is 4.26. The summed E-state index contributed by atoms with van der Waals surface area (Å²) in [5, 5.41) is 13.5. The van der Waals surface area contributed by atoms with Crippen LogP contribution in [0.4, 0.5) is 5.69 Å². The second kappa shape index (κ2) is 6.97. The zero-order chi connectivity index (χ0) is 14.5. The zero-order valence-corrected chi connectivity index (χ0v) is 13.3. The van der Waals surface area contributed by atoms with E-state index in [9.17, 15) is 5.11 Å². The number of ether oxygens (including phenoxy) is 1. The summed E-state index contributed by atoms with van der Waals surface area (Å²) in [6.45, 7) is -0.0434. The van der Waals surface area contributed by atoms with E-state index in [2.05, 4.69) is 21.2 Å². The molecule has 0 saturated carbocycles. The van der Waals surface area contributed by atoms with Gasteiger partial charge in [0.25, 0.3) is 0 Å². The van der Waals surface area contributed by atoms with Crippen molar-refractivity contribution in [2.24, 2.45) is 0 Å². The minimum absolute atomic E-state index is 0.0434. The number of hydrogen-bond acceptors (Lipinski definition) is 3. The van der Waals surface area contributed by atoms with Crippen molar-refractivity contribution in [3.63, 3.8) is 0 Å². The van der Waals surface area contributed by atoms with Crippen LogP contribution in [0.2, 0.25) is 5.02 Å². The Labute approximate surface area is 131 Å². The van der Waals surface area contributed by atoms with E-state index in [1.165, 1.54) is 0 Å². The average Bonchev–Trinajstić information content (AvgIpc) is 2.46. The van der Waals surface area contributed by atoms with Gasteiger partial charge >= 0.3 is 0 Å². The molecule has 0 fully saturated rings. The molecule has 0 aliphatic heterocycles. The molecule has 0 bridgehead atoms. The average molecular weight is 357 g/mol. The maximum atomic E-state index is 9.64. The third-order valence-electron chi connectivity index (χ3n) is 2.93. The van der Waals surface area contributed by atoms with Crippen LogP contribution in [0.15, 0.2) is 46.9 Å². The molecule has 0 spiro atoms. The third kappa shape index (κ3) is 3.66. The molecule has 0 saturated heterocycles. The monoisotopic (exact) mass is 355 g/mol. The summed E-state index contributed by atoms with van der Waals surface area (Å²) in [6.07, 6.45) is 0. The van der Waals surface area contributed by atoms with Gasteiger partial charge in [-0.3, -0.25) is 0 Å². The Bertz CT molecular complexity index is 592. The number of anilines is 1. The van der Waals surface area contributed by atoms with Gasteiger partial charge in [0.2, 0.25) is 0 Å². The molecule has 0 aromatic heterocycles. The summed E-state index contributed by atoms with van der Waals surface area (Å²) in [5.74, 6) is 0.745. The van der Waals surface area contributed by atoms with Crippen LogP contribution in [0, 0.1) is 0 Å².